The second-order valence-electron chi connectivity index (χ2n) is 8.16. The van der Waals surface area contributed by atoms with E-state index in [1.807, 2.05) is 18.7 Å². The Kier molecular flexibility index (Phi) is 8.88. The Balaban J connectivity index is 1.52. The maximum absolute atomic E-state index is 12.1. The monoisotopic (exact) mass is 380 g/mol. The third kappa shape index (κ3) is 7.77. The van der Waals surface area contributed by atoms with Crippen LogP contribution in [0.2, 0.25) is 0 Å². The zero-order valence-electron chi connectivity index (χ0n) is 16.9. The van der Waals surface area contributed by atoms with Gasteiger partial charge in [0.1, 0.15) is 0 Å². The minimum atomic E-state index is -0.121. The van der Waals surface area contributed by atoms with Crippen LogP contribution < -0.4 is 16.0 Å². The molecule has 4 amide bonds. The predicted molar refractivity (Wildman–Crippen MR) is 105 cm³/mol. The van der Waals surface area contributed by atoms with Crippen molar-refractivity contribution >= 4 is 17.8 Å². The lowest BCUT2D eigenvalue weighted by Gasteiger charge is -2.33. The number of likely N-dealkylation sites (tertiary alicyclic amines) is 1. The standard InChI is InChI=1S/C20H36N4O3/c1-15(2)19(26)24-13-10-17(11-14-24)22-18(25)9-6-12-21-20(27)23-16-7-4-3-5-8-16/h15-17H,3-14H2,1-2H3,(H,22,25)(H2,21,23,27). The van der Waals surface area contributed by atoms with Crippen LogP contribution in [0.5, 0.6) is 0 Å². The van der Waals surface area contributed by atoms with Crippen LogP contribution in [0.25, 0.3) is 0 Å². The van der Waals surface area contributed by atoms with Gasteiger partial charge in [0.2, 0.25) is 11.8 Å². The Bertz CT molecular complexity index is 495. The Morgan fingerprint density at radius 1 is 0.926 bits per heavy atom. The van der Waals surface area contributed by atoms with E-state index in [0.717, 1.165) is 25.7 Å². The van der Waals surface area contributed by atoms with E-state index in [2.05, 4.69) is 16.0 Å². The summed E-state index contributed by atoms with van der Waals surface area (Å²) in [7, 11) is 0. The van der Waals surface area contributed by atoms with Gasteiger partial charge in [-0.05, 0) is 32.1 Å². The largest absolute Gasteiger partial charge is 0.353 e. The Morgan fingerprint density at radius 3 is 2.19 bits per heavy atom. The van der Waals surface area contributed by atoms with Gasteiger partial charge in [0.25, 0.3) is 0 Å². The molecule has 2 aliphatic rings. The molecule has 1 aliphatic carbocycles. The Hall–Kier alpha value is -1.79. The summed E-state index contributed by atoms with van der Waals surface area (Å²) >= 11 is 0. The molecule has 0 aromatic rings. The minimum absolute atomic E-state index is 0.0260. The number of amides is 4. The first-order valence-electron chi connectivity index (χ1n) is 10.6. The molecule has 7 heteroatoms. The SMILES string of the molecule is CC(C)C(=O)N1CCC(NC(=O)CCCNC(=O)NC2CCCCC2)CC1. The molecule has 1 saturated heterocycles. The van der Waals surface area contributed by atoms with Crippen molar-refractivity contribution in [1.82, 2.24) is 20.9 Å². The average molecular weight is 381 g/mol. The number of hydrogen-bond donors (Lipinski definition) is 3. The molecular formula is C20H36N4O3. The van der Waals surface area contributed by atoms with Crippen molar-refractivity contribution in [2.75, 3.05) is 19.6 Å². The van der Waals surface area contributed by atoms with E-state index in [-0.39, 0.29) is 29.8 Å². The summed E-state index contributed by atoms with van der Waals surface area (Å²) in [4.78, 5) is 37.8. The molecule has 0 aromatic heterocycles. The van der Waals surface area contributed by atoms with Crippen LogP contribution in [-0.2, 0) is 9.59 Å². The van der Waals surface area contributed by atoms with Crippen LogP contribution in [0.1, 0.15) is 71.6 Å². The lowest BCUT2D eigenvalue weighted by atomic mass is 9.96. The molecule has 0 spiro atoms. The van der Waals surface area contributed by atoms with E-state index >= 15 is 0 Å². The molecule has 1 saturated carbocycles. The van der Waals surface area contributed by atoms with Crippen LogP contribution in [-0.4, -0.2) is 54.5 Å². The van der Waals surface area contributed by atoms with Crippen molar-refractivity contribution in [3.05, 3.63) is 0 Å². The first-order chi connectivity index (χ1) is 13.0. The molecule has 154 valence electrons. The van der Waals surface area contributed by atoms with Crippen LogP contribution in [0.4, 0.5) is 4.79 Å². The summed E-state index contributed by atoms with van der Waals surface area (Å²) in [6, 6.07) is 0.330. The highest BCUT2D eigenvalue weighted by Crippen LogP contribution is 2.17. The summed E-state index contributed by atoms with van der Waals surface area (Å²) < 4.78 is 0. The van der Waals surface area contributed by atoms with Gasteiger partial charge >= 0.3 is 6.03 Å². The molecule has 0 unspecified atom stereocenters. The van der Waals surface area contributed by atoms with Crippen molar-refractivity contribution in [3.8, 4) is 0 Å². The lowest BCUT2D eigenvalue weighted by Crippen LogP contribution is -2.47. The van der Waals surface area contributed by atoms with E-state index in [4.69, 9.17) is 0 Å². The molecule has 3 N–H and O–H groups in total. The second kappa shape index (κ2) is 11.1. The number of nitrogens with zero attached hydrogens (tertiary/aromatic N) is 1. The van der Waals surface area contributed by atoms with Gasteiger partial charge in [-0.25, -0.2) is 4.79 Å². The number of piperidine rings is 1. The first kappa shape index (κ1) is 21.5. The van der Waals surface area contributed by atoms with Gasteiger partial charge in [0, 0.05) is 44.1 Å². The third-order valence-corrected chi connectivity index (χ3v) is 5.47. The second-order valence-corrected chi connectivity index (χ2v) is 8.16. The van der Waals surface area contributed by atoms with Gasteiger partial charge in [0.05, 0.1) is 0 Å². The number of nitrogens with one attached hydrogen (secondary N) is 3. The van der Waals surface area contributed by atoms with Crippen LogP contribution >= 0.6 is 0 Å². The molecule has 1 aliphatic heterocycles. The maximum atomic E-state index is 12.1. The number of urea groups is 1. The molecular weight excluding hydrogens is 344 g/mol. The highest BCUT2D eigenvalue weighted by molar-refractivity contribution is 5.78. The van der Waals surface area contributed by atoms with Crippen molar-refractivity contribution in [1.29, 1.82) is 0 Å². The highest BCUT2D eigenvalue weighted by Gasteiger charge is 2.25. The zero-order valence-corrected chi connectivity index (χ0v) is 16.9. The number of hydrogen-bond acceptors (Lipinski definition) is 3. The maximum Gasteiger partial charge on any atom is 0.315 e. The van der Waals surface area contributed by atoms with Gasteiger partial charge in [-0.3, -0.25) is 9.59 Å². The van der Waals surface area contributed by atoms with E-state index in [1.54, 1.807) is 0 Å². The summed E-state index contributed by atoms with van der Waals surface area (Å²) in [5, 5.41) is 8.91. The Labute approximate surface area is 163 Å². The van der Waals surface area contributed by atoms with Gasteiger partial charge < -0.3 is 20.9 Å². The molecule has 0 aromatic carbocycles. The summed E-state index contributed by atoms with van der Waals surface area (Å²) in [6.45, 7) is 5.77. The Morgan fingerprint density at radius 2 is 1.56 bits per heavy atom. The third-order valence-electron chi connectivity index (χ3n) is 5.47. The van der Waals surface area contributed by atoms with E-state index in [9.17, 15) is 14.4 Å². The molecule has 1 heterocycles. The summed E-state index contributed by atoms with van der Waals surface area (Å²) in [5.74, 6) is 0.245. The van der Waals surface area contributed by atoms with Gasteiger partial charge in [0.15, 0.2) is 0 Å². The van der Waals surface area contributed by atoms with Gasteiger partial charge in [-0.2, -0.15) is 0 Å². The summed E-state index contributed by atoms with van der Waals surface area (Å²) in [6.07, 6.45) is 8.45. The topological polar surface area (TPSA) is 90.5 Å². The zero-order chi connectivity index (χ0) is 19.6. The number of carbonyl (C=O) groups excluding carboxylic acids is 3. The molecule has 0 atom stereocenters. The summed E-state index contributed by atoms with van der Waals surface area (Å²) in [5.41, 5.74) is 0. The van der Waals surface area contributed by atoms with Gasteiger partial charge in [-0.1, -0.05) is 33.1 Å². The average Bonchev–Trinajstić information content (AvgIpc) is 2.66. The number of carbonyl (C=O) groups is 3. The molecule has 27 heavy (non-hydrogen) atoms. The molecule has 7 nitrogen and oxygen atoms in total. The highest BCUT2D eigenvalue weighted by atomic mass is 16.2. The number of rotatable bonds is 7. The van der Waals surface area contributed by atoms with E-state index < -0.39 is 0 Å². The normalized spacial score (nSPS) is 19.0. The predicted octanol–water partition coefficient (Wildman–Crippen LogP) is 2.16. The van der Waals surface area contributed by atoms with E-state index in [1.165, 1.54) is 19.3 Å². The quantitative estimate of drug-likeness (QED) is 0.591. The van der Waals surface area contributed by atoms with Gasteiger partial charge in [-0.15, -0.1) is 0 Å². The van der Waals surface area contributed by atoms with Crippen molar-refractivity contribution in [2.45, 2.75) is 83.7 Å². The van der Waals surface area contributed by atoms with Crippen LogP contribution in [0.3, 0.4) is 0 Å². The molecule has 2 fully saturated rings. The van der Waals surface area contributed by atoms with E-state index in [0.29, 0.717) is 38.5 Å². The minimum Gasteiger partial charge on any atom is -0.353 e. The molecule has 2 rings (SSSR count). The van der Waals surface area contributed by atoms with Crippen LogP contribution in [0.15, 0.2) is 0 Å². The van der Waals surface area contributed by atoms with Crippen molar-refractivity contribution in [2.24, 2.45) is 5.92 Å². The van der Waals surface area contributed by atoms with Crippen molar-refractivity contribution < 1.29 is 14.4 Å². The fraction of sp³-hybridized carbons (Fsp3) is 0.850. The lowest BCUT2D eigenvalue weighted by molar-refractivity contribution is -0.135. The van der Waals surface area contributed by atoms with Crippen LogP contribution in [0, 0.1) is 5.92 Å². The fourth-order valence-corrected chi connectivity index (χ4v) is 3.84. The molecule has 0 radical (unpaired) electrons. The first-order valence-corrected chi connectivity index (χ1v) is 10.6. The van der Waals surface area contributed by atoms with Crippen molar-refractivity contribution in [3.63, 3.8) is 0 Å². The smallest absolute Gasteiger partial charge is 0.315 e. The fourth-order valence-electron chi connectivity index (χ4n) is 3.84. The molecule has 0 bridgehead atoms.